The molecule has 0 amide bonds. The summed E-state index contributed by atoms with van der Waals surface area (Å²) in [7, 11) is 1.34. The van der Waals surface area contributed by atoms with Crippen LogP contribution in [0.3, 0.4) is 0 Å². The molecule has 0 aliphatic carbocycles. The summed E-state index contributed by atoms with van der Waals surface area (Å²) in [5.41, 5.74) is 7.43. The second-order valence-electron chi connectivity index (χ2n) is 4.95. The zero-order chi connectivity index (χ0) is 16.1. The number of carbonyl (C=O) groups excluding carboxylic acids is 1. The average molecular weight is 301 g/mol. The van der Waals surface area contributed by atoms with Crippen molar-refractivity contribution in [2.75, 3.05) is 23.5 Å². The summed E-state index contributed by atoms with van der Waals surface area (Å²) in [4.78, 5) is 20.0. The van der Waals surface area contributed by atoms with Crippen molar-refractivity contribution >= 4 is 29.0 Å². The van der Waals surface area contributed by atoms with Gasteiger partial charge in [-0.1, -0.05) is 12.1 Å². The minimum atomic E-state index is -0.434. The molecule has 2 aromatic rings. The van der Waals surface area contributed by atoms with E-state index in [9.17, 15) is 4.79 Å². The minimum Gasteiger partial charge on any atom is -0.465 e. The summed E-state index contributed by atoms with van der Waals surface area (Å²) >= 11 is 0. The van der Waals surface area contributed by atoms with Crippen molar-refractivity contribution in [3.63, 3.8) is 0 Å². The van der Waals surface area contributed by atoms with Gasteiger partial charge >= 0.3 is 5.97 Å². The van der Waals surface area contributed by atoms with Gasteiger partial charge in [-0.25, -0.2) is 14.8 Å². The second-order valence-corrected chi connectivity index (χ2v) is 4.95. The maximum atomic E-state index is 11.8. The Hall–Kier alpha value is -2.83. The normalized spacial score (nSPS) is 10.4. The van der Waals surface area contributed by atoms with Gasteiger partial charge in [0, 0.05) is 6.04 Å². The van der Waals surface area contributed by atoms with Crippen LogP contribution in [0.15, 0.2) is 30.6 Å². The first-order valence-electron chi connectivity index (χ1n) is 6.84. The number of nitrogen functional groups attached to an aromatic ring is 1. The Kier molecular flexibility index (Phi) is 4.77. The molecule has 0 saturated heterocycles. The molecular weight excluding hydrogens is 282 g/mol. The molecule has 0 aliphatic heterocycles. The van der Waals surface area contributed by atoms with Crippen LogP contribution in [0.25, 0.3) is 0 Å². The van der Waals surface area contributed by atoms with Gasteiger partial charge in [-0.15, -0.1) is 0 Å². The Morgan fingerprint density at radius 3 is 2.59 bits per heavy atom. The Balaban J connectivity index is 2.34. The van der Waals surface area contributed by atoms with Gasteiger partial charge in [-0.3, -0.25) is 0 Å². The summed E-state index contributed by atoms with van der Waals surface area (Å²) < 4.78 is 4.77. The van der Waals surface area contributed by atoms with Crippen LogP contribution in [0.2, 0.25) is 0 Å². The Bertz CT molecular complexity index is 673. The predicted molar refractivity (Wildman–Crippen MR) is 86.3 cm³/mol. The van der Waals surface area contributed by atoms with Crippen LogP contribution in [0.4, 0.5) is 23.0 Å². The number of benzene rings is 1. The van der Waals surface area contributed by atoms with Crippen molar-refractivity contribution < 1.29 is 9.53 Å². The van der Waals surface area contributed by atoms with Crippen molar-refractivity contribution in [2.24, 2.45) is 0 Å². The number of anilines is 4. The minimum absolute atomic E-state index is 0.187. The van der Waals surface area contributed by atoms with Crippen LogP contribution in [0, 0.1) is 0 Å². The Morgan fingerprint density at radius 2 is 1.91 bits per heavy atom. The first kappa shape index (κ1) is 15.6. The van der Waals surface area contributed by atoms with Crippen molar-refractivity contribution in [3.8, 4) is 0 Å². The summed E-state index contributed by atoms with van der Waals surface area (Å²) in [6.45, 7) is 3.97. The van der Waals surface area contributed by atoms with E-state index in [1.165, 1.54) is 13.4 Å². The molecule has 0 radical (unpaired) electrons. The van der Waals surface area contributed by atoms with Gasteiger partial charge in [0.05, 0.1) is 18.4 Å². The van der Waals surface area contributed by atoms with E-state index in [1.54, 1.807) is 24.3 Å². The fourth-order valence-corrected chi connectivity index (χ4v) is 1.89. The first-order chi connectivity index (χ1) is 10.5. The lowest BCUT2D eigenvalue weighted by molar-refractivity contribution is 0.0602. The smallest absolute Gasteiger partial charge is 0.339 e. The fraction of sp³-hybridized carbons (Fsp3) is 0.267. The SMILES string of the molecule is COC(=O)c1ccccc1Nc1ncnc(NC(C)C)c1N. The monoisotopic (exact) mass is 301 g/mol. The van der Waals surface area contributed by atoms with Crippen molar-refractivity contribution in [1.29, 1.82) is 0 Å². The number of hydrogen-bond donors (Lipinski definition) is 3. The first-order valence-corrected chi connectivity index (χ1v) is 6.84. The van der Waals surface area contributed by atoms with E-state index in [0.29, 0.717) is 28.6 Å². The summed E-state index contributed by atoms with van der Waals surface area (Å²) in [5, 5.41) is 6.19. The molecule has 1 heterocycles. The highest BCUT2D eigenvalue weighted by atomic mass is 16.5. The van der Waals surface area contributed by atoms with E-state index >= 15 is 0 Å². The number of nitrogens with zero attached hydrogens (tertiary/aromatic N) is 2. The van der Waals surface area contributed by atoms with E-state index < -0.39 is 5.97 Å². The highest BCUT2D eigenvalue weighted by Crippen LogP contribution is 2.27. The van der Waals surface area contributed by atoms with Crippen molar-refractivity contribution in [3.05, 3.63) is 36.2 Å². The number of esters is 1. The van der Waals surface area contributed by atoms with Gasteiger partial charge in [0.1, 0.15) is 12.0 Å². The molecule has 0 spiro atoms. The highest BCUT2D eigenvalue weighted by molar-refractivity contribution is 5.97. The molecule has 0 bridgehead atoms. The largest absolute Gasteiger partial charge is 0.465 e. The van der Waals surface area contributed by atoms with Gasteiger partial charge < -0.3 is 21.1 Å². The van der Waals surface area contributed by atoms with Crippen LogP contribution >= 0.6 is 0 Å². The molecule has 7 nitrogen and oxygen atoms in total. The molecule has 0 fully saturated rings. The van der Waals surface area contributed by atoms with Crippen LogP contribution in [-0.2, 0) is 4.74 Å². The molecule has 1 aromatic heterocycles. The molecule has 0 aliphatic rings. The molecule has 0 unspecified atom stereocenters. The number of rotatable bonds is 5. The zero-order valence-corrected chi connectivity index (χ0v) is 12.8. The third kappa shape index (κ3) is 3.43. The number of hydrogen-bond acceptors (Lipinski definition) is 7. The maximum absolute atomic E-state index is 11.8. The molecule has 1 aromatic carbocycles. The summed E-state index contributed by atoms with van der Waals surface area (Å²) in [5.74, 6) is 0.536. The van der Waals surface area contributed by atoms with Crippen LogP contribution in [-0.4, -0.2) is 29.1 Å². The molecular formula is C15H19N5O2. The number of methoxy groups -OCH3 is 1. The lowest BCUT2D eigenvalue weighted by Gasteiger charge is -2.15. The fourth-order valence-electron chi connectivity index (χ4n) is 1.89. The Labute approximate surface area is 128 Å². The average Bonchev–Trinajstić information content (AvgIpc) is 2.50. The lowest BCUT2D eigenvalue weighted by atomic mass is 10.2. The molecule has 2 rings (SSSR count). The van der Waals surface area contributed by atoms with Crippen molar-refractivity contribution in [2.45, 2.75) is 19.9 Å². The van der Waals surface area contributed by atoms with Crippen molar-refractivity contribution in [1.82, 2.24) is 9.97 Å². The number of nitrogens with one attached hydrogen (secondary N) is 2. The zero-order valence-electron chi connectivity index (χ0n) is 12.8. The second kappa shape index (κ2) is 6.75. The van der Waals surface area contributed by atoms with Crippen LogP contribution < -0.4 is 16.4 Å². The van der Waals surface area contributed by atoms with Gasteiger partial charge in [0.25, 0.3) is 0 Å². The van der Waals surface area contributed by atoms with Crippen LogP contribution in [0.5, 0.6) is 0 Å². The molecule has 116 valence electrons. The molecule has 4 N–H and O–H groups in total. The number of para-hydroxylation sites is 1. The molecule has 0 atom stereocenters. The van der Waals surface area contributed by atoms with Gasteiger partial charge in [0.2, 0.25) is 0 Å². The van der Waals surface area contributed by atoms with Gasteiger partial charge in [-0.2, -0.15) is 0 Å². The van der Waals surface area contributed by atoms with Gasteiger partial charge in [-0.05, 0) is 26.0 Å². The topological polar surface area (TPSA) is 102 Å². The van der Waals surface area contributed by atoms with E-state index in [2.05, 4.69) is 20.6 Å². The molecule has 22 heavy (non-hydrogen) atoms. The summed E-state index contributed by atoms with van der Waals surface area (Å²) in [6, 6.07) is 7.17. The number of carbonyl (C=O) groups is 1. The molecule has 7 heteroatoms. The van der Waals surface area contributed by atoms with E-state index in [-0.39, 0.29) is 6.04 Å². The lowest BCUT2D eigenvalue weighted by Crippen LogP contribution is -2.14. The Morgan fingerprint density at radius 1 is 1.23 bits per heavy atom. The highest BCUT2D eigenvalue weighted by Gasteiger charge is 2.14. The standard InChI is InChI=1S/C15H19N5O2/c1-9(2)19-13-12(16)14(18-8-17-13)20-11-7-5-4-6-10(11)15(21)22-3/h4-9H,16H2,1-3H3,(H2,17,18,19,20). The van der Waals surface area contributed by atoms with E-state index in [4.69, 9.17) is 10.5 Å². The number of aromatic nitrogens is 2. The number of nitrogens with two attached hydrogens (primary N) is 1. The number of ether oxygens (including phenoxy) is 1. The van der Waals surface area contributed by atoms with Gasteiger partial charge in [0.15, 0.2) is 11.6 Å². The maximum Gasteiger partial charge on any atom is 0.339 e. The summed E-state index contributed by atoms with van der Waals surface area (Å²) in [6.07, 6.45) is 1.41. The van der Waals surface area contributed by atoms with E-state index in [1.807, 2.05) is 13.8 Å². The third-order valence-electron chi connectivity index (χ3n) is 2.89. The van der Waals surface area contributed by atoms with Crippen LogP contribution in [0.1, 0.15) is 24.2 Å². The molecule has 0 saturated carbocycles. The third-order valence-corrected chi connectivity index (χ3v) is 2.89. The van der Waals surface area contributed by atoms with E-state index in [0.717, 1.165) is 0 Å². The quantitative estimate of drug-likeness (QED) is 0.729. The predicted octanol–water partition coefficient (Wildman–Crippen LogP) is 2.41.